The zero-order valence-electron chi connectivity index (χ0n) is 8.50. The Kier molecular flexibility index (Phi) is 7.09. The quantitative estimate of drug-likeness (QED) is 0.679. The molecule has 0 amide bonds. The van der Waals surface area contributed by atoms with Gasteiger partial charge in [-0.25, -0.2) is 0 Å². The van der Waals surface area contributed by atoms with Crippen molar-refractivity contribution in [2.24, 2.45) is 0 Å². The molecule has 0 aromatic heterocycles. The van der Waals surface area contributed by atoms with Gasteiger partial charge in [0.1, 0.15) is 4.49 Å². The summed E-state index contributed by atoms with van der Waals surface area (Å²) in [5, 5.41) is 0. The third-order valence-corrected chi connectivity index (χ3v) is 4.12. The Hall–Kier alpha value is 0.470. The first-order chi connectivity index (χ1) is 6.46. The van der Waals surface area contributed by atoms with E-state index in [1.54, 1.807) is 20.8 Å². The van der Waals surface area contributed by atoms with Gasteiger partial charge in [-0.2, -0.15) is 0 Å². The Morgan fingerprint density at radius 3 is 2.07 bits per heavy atom. The molecule has 3 nitrogen and oxygen atoms in total. The second-order valence-corrected chi connectivity index (χ2v) is 5.99. The minimum atomic E-state index is -3.11. The highest BCUT2D eigenvalue weighted by Gasteiger charge is 2.30. The van der Waals surface area contributed by atoms with Gasteiger partial charge < -0.3 is 9.05 Å². The molecule has 0 rings (SSSR count). The molecule has 0 aliphatic carbocycles. The predicted octanol–water partition coefficient (Wildman–Crippen LogP) is 3.96. The zero-order valence-corrected chi connectivity index (χ0v) is 10.9. The average molecular weight is 261 g/mol. The van der Waals surface area contributed by atoms with Crippen LogP contribution in [0, 0.1) is 0 Å². The first-order valence-electron chi connectivity index (χ1n) is 4.37. The van der Waals surface area contributed by atoms with Crippen LogP contribution in [-0.2, 0) is 13.6 Å². The predicted molar refractivity (Wildman–Crippen MR) is 60.1 cm³/mol. The summed E-state index contributed by atoms with van der Waals surface area (Å²) in [7, 11) is -3.11. The Bertz CT molecular complexity index is 229. The van der Waals surface area contributed by atoms with Crippen LogP contribution in [-0.4, -0.2) is 18.9 Å². The van der Waals surface area contributed by atoms with Gasteiger partial charge in [-0.1, -0.05) is 23.2 Å². The molecule has 0 aliphatic rings. The topological polar surface area (TPSA) is 35.5 Å². The highest BCUT2D eigenvalue weighted by atomic mass is 35.5. The molecule has 1 atom stereocenters. The zero-order chi connectivity index (χ0) is 11.2. The molecule has 0 heterocycles. The summed E-state index contributed by atoms with van der Waals surface area (Å²) in [6.07, 6.45) is 1.45. The minimum absolute atomic E-state index is 0.0668. The molecule has 14 heavy (non-hydrogen) atoms. The van der Waals surface area contributed by atoms with Crippen molar-refractivity contribution >= 4 is 30.8 Å². The van der Waals surface area contributed by atoms with Crippen LogP contribution in [0.1, 0.15) is 20.8 Å². The Balaban J connectivity index is 4.63. The molecule has 0 spiro atoms. The molecule has 0 aromatic carbocycles. The van der Waals surface area contributed by atoms with Gasteiger partial charge in [0.2, 0.25) is 0 Å². The lowest BCUT2D eigenvalue weighted by molar-refractivity contribution is 0.216. The maximum absolute atomic E-state index is 12.0. The van der Waals surface area contributed by atoms with E-state index >= 15 is 0 Å². The lowest BCUT2D eigenvalue weighted by Crippen LogP contribution is -2.07. The van der Waals surface area contributed by atoms with Crippen molar-refractivity contribution in [1.82, 2.24) is 0 Å². The Morgan fingerprint density at radius 2 is 1.79 bits per heavy atom. The first kappa shape index (κ1) is 14.5. The van der Waals surface area contributed by atoms with Gasteiger partial charge in [-0.05, 0) is 26.8 Å². The van der Waals surface area contributed by atoms with Crippen LogP contribution in [0.3, 0.4) is 0 Å². The molecular weight excluding hydrogens is 246 g/mol. The van der Waals surface area contributed by atoms with E-state index in [1.807, 2.05) is 0 Å². The van der Waals surface area contributed by atoms with Gasteiger partial charge in [0, 0.05) is 0 Å². The third-order valence-electron chi connectivity index (χ3n) is 1.48. The summed E-state index contributed by atoms with van der Waals surface area (Å²) in [5.41, 5.74) is -0.438. The van der Waals surface area contributed by atoms with Crippen LogP contribution in [0.15, 0.2) is 10.6 Å². The molecule has 0 bridgehead atoms. The molecule has 0 fully saturated rings. The van der Waals surface area contributed by atoms with Crippen molar-refractivity contribution in [3.8, 4) is 0 Å². The summed E-state index contributed by atoms with van der Waals surface area (Å²) >= 11 is 10.9. The second-order valence-electron chi connectivity index (χ2n) is 2.57. The fraction of sp³-hybridized carbons (Fsp3) is 0.750. The normalized spacial score (nSPS) is 13.8. The molecule has 0 radical (unpaired) electrons. The summed E-state index contributed by atoms with van der Waals surface area (Å²) in [5.74, 6) is 0. The van der Waals surface area contributed by atoms with Gasteiger partial charge in [-0.3, -0.25) is 4.57 Å². The van der Waals surface area contributed by atoms with E-state index in [2.05, 4.69) is 0 Å². The van der Waals surface area contributed by atoms with E-state index in [-0.39, 0.29) is 4.49 Å². The number of rotatable bonds is 6. The minimum Gasteiger partial charge on any atom is -0.308 e. The number of hydrogen-bond donors (Lipinski definition) is 0. The van der Waals surface area contributed by atoms with E-state index in [1.165, 1.54) is 6.08 Å². The summed E-state index contributed by atoms with van der Waals surface area (Å²) in [6.45, 7) is 5.86. The van der Waals surface area contributed by atoms with Crippen molar-refractivity contribution < 1.29 is 13.6 Å². The SMILES string of the molecule is CCOP(=O)(OCC)C(C)C=C(Cl)Cl. The number of halogens is 2. The van der Waals surface area contributed by atoms with E-state index in [4.69, 9.17) is 32.2 Å². The fourth-order valence-corrected chi connectivity index (χ4v) is 3.06. The molecule has 0 saturated carbocycles. The molecular formula is C8H15Cl2O3P. The standard InChI is InChI=1S/C8H15Cl2O3P/c1-4-12-14(11,13-5-2)7(3)6-8(9)10/h6-7H,4-5H2,1-3H3. The van der Waals surface area contributed by atoms with Crippen LogP contribution in [0.25, 0.3) is 0 Å². The van der Waals surface area contributed by atoms with Crippen molar-refractivity contribution in [2.75, 3.05) is 13.2 Å². The molecule has 6 heteroatoms. The largest absolute Gasteiger partial charge is 0.337 e. The summed E-state index contributed by atoms with van der Waals surface area (Å²) in [4.78, 5) is 0. The molecule has 1 unspecified atom stereocenters. The maximum Gasteiger partial charge on any atom is 0.337 e. The second kappa shape index (κ2) is 6.86. The maximum atomic E-state index is 12.0. The Labute approximate surface area is 94.9 Å². The highest BCUT2D eigenvalue weighted by Crippen LogP contribution is 2.53. The fourth-order valence-electron chi connectivity index (χ4n) is 0.906. The van der Waals surface area contributed by atoms with E-state index in [9.17, 15) is 4.57 Å². The molecule has 0 aliphatic heterocycles. The lowest BCUT2D eigenvalue weighted by Gasteiger charge is -2.20. The Morgan fingerprint density at radius 1 is 1.36 bits per heavy atom. The van der Waals surface area contributed by atoms with Gasteiger partial charge >= 0.3 is 7.60 Å². The van der Waals surface area contributed by atoms with Crippen molar-refractivity contribution in [1.29, 1.82) is 0 Å². The van der Waals surface area contributed by atoms with Crippen LogP contribution >= 0.6 is 30.8 Å². The average Bonchev–Trinajstić information content (AvgIpc) is 2.03. The van der Waals surface area contributed by atoms with Crippen LogP contribution in [0.4, 0.5) is 0 Å². The summed E-state index contributed by atoms with van der Waals surface area (Å²) < 4.78 is 22.3. The van der Waals surface area contributed by atoms with E-state index in [0.717, 1.165) is 0 Å². The van der Waals surface area contributed by atoms with Crippen LogP contribution in [0.5, 0.6) is 0 Å². The van der Waals surface area contributed by atoms with E-state index in [0.29, 0.717) is 13.2 Å². The van der Waals surface area contributed by atoms with Gasteiger partial charge in [-0.15, -0.1) is 0 Å². The first-order valence-corrected chi connectivity index (χ1v) is 6.74. The van der Waals surface area contributed by atoms with Crippen LogP contribution in [0.2, 0.25) is 0 Å². The van der Waals surface area contributed by atoms with Crippen LogP contribution < -0.4 is 0 Å². The molecule has 0 aromatic rings. The third kappa shape index (κ3) is 4.81. The molecule has 0 saturated heterocycles. The van der Waals surface area contributed by atoms with Crippen molar-refractivity contribution in [3.05, 3.63) is 10.6 Å². The molecule has 0 N–H and O–H groups in total. The number of hydrogen-bond acceptors (Lipinski definition) is 3. The highest BCUT2D eigenvalue weighted by molar-refractivity contribution is 7.54. The van der Waals surface area contributed by atoms with Crippen molar-refractivity contribution in [3.63, 3.8) is 0 Å². The number of allylic oxidation sites excluding steroid dienone is 1. The van der Waals surface area contributed by atoms with Gasteiger partial charge in [0.15, 0.2) is 0 Å². The van der Waals surface area contributed by atoms with Gasteiger partial charge in [0.05, 0.1) is 18.9 Å². The van der Waals surface area contributed by atoms with Crippen molar-refractivity contribution in [2.45, 2.75) is 26.4 Å². The lowest BCUT2D eigenvalue weighted by atomic mass is 10.5. The van der Waals surface area contributed by atoms with Gasteiger partial charge in [0.25, 0.3) is 0 Å². The summed E-state index contributed by atoms with van der Waals surface area (Å²) in [6, 6.07) is 0. The smallest absolute Gasteiger partial charge is 0.308 e. The van der Waals surface area contributed by atoms with E-state index < -0.39 is 13.3 Å². The molecule has 84 valence electrons. The monoisotopic (exact) mass is 260 g/mol.